The Hall–Kier alpha value is -3.13. The third-order valence-corrected chi connectivity index (χ3v) is 8.25. The second-order valence-electron chi connectivity index (χ2n) is 11.0. The van der Waals surface area contributed by atoms with Crippen molar-refractivity contribution in [2.24, 2.45) is 11.8 Å². The number of halogens is 7. The molecule has 2 fully saturated rings. The Morgan fingerprint density at radius 3 is 2.00 bits per heavy atom. The highest BCUT2D eigenvalue weighted by Crippen LogP contribution is 2.41. The molecule has 40 heavy (non-hydrogen) atoms. The summed E-state index contributed by atoms with van der Waals surface area (Å²) in [6, 6.07) is 7.81. The first-order valence-electron chi connectivity index (χ1n) is 13.5. The van der Waals surface area contributed by atoms with E-state index < -0.39 is 51.9 Å². The fourth-order valence-electron chi connectivity index (χ4n) is 5.90. The predicted octanol–water partition coefficient (Wildman–Crippen LogP) is 9.90. The molecule has 0 spiro atoms. The number of hydrogen-bond acceptors (Lipinski definition) is 1. The lowest BCUT2D eigenvalue weighted by Crippen LogP contribution is -2.33. The summed E-state index contributed by atoms with van der Waals surface area (Å²) >= 11 is 0. The van der Waals surface area contributed by atoms with Crippen molar-refractivity contribution in [1.82, 2.24) is 0 Å². The first-order valence-corrected chi connectivity index (χ1v) is 13.5. The van der Waals surface area contributed by atoms with Gasteiger partial charge in [0.2, 0.25) is 0 Å². The largest absolute Gasteiger partial charge is 0.378 e. The van der Waals surface area contributed by atoms with Gasteiger partial charge in [0, 0.05) is 23.3 Å². The van der Waals surface area contributed by atoms with E-state index in [4.69, 9.17) is 4.74 Å². The monoisotopic (exact) mass is 562 g/mol. The normalized spacial score (nSPS) is 24.1. The van der Waals surface area contributed by atoms with Crippen molar-refractivity contribution in [2.75, 3.05) is 6.61 Å². The molecule has 0 bridgehead atoms. The van der Waals surface area contributed by atoms with Crippen molar-refractivity contribution < 1.29 is 35.5 Å². The van der Waals surface area contributed by atoms with Crippen LogP contribution in [-0.2, 0) is 4.74 Å². The zero-order valence-corrected chi connectivity index (χ0v) is 21.9. The van der Waals surface area contributed by atoms with Gasteiger partial charge in [0.05, 0.1) is 6.10 Å². The molecule has 8 heteroatoms. The Kier molecular flexibility index (Phi) is 8.36. The molecule has 3 aromatic carbocycles. The molecule has 0 amide bonds. The zero-order valence-electron chi connectivity index (χ0n) is 21.9. The van der Waals surface area contributed by atoms with Crippen LogP contribution in [-0.4, -0.2) is 12.7 Å². The maximum atomic E-state index is 15.0. The minimum atomic E-state index is -1.71. The fraction of sp³-hybridized carbons (Fsp3) is 0.375. The SMILES string of the molecule is CC1CCC(C2CCC(c3ccc(/C(F)=C(\F)c4ccc(-c5cc(F)c(F)c(F)c5)c(F)c4)c(F)c3)CC2)OC1. The third-order valence-electron chi connectivity index (χ3n) is 8.25. The van der Waals surface area contributed by atoms with Crippen molar-refractivity contribution in [2.45, 2.75) is 57.5 Å². The molecule has 0 N–H and O–H groups in total. The highest BCUT2D eigenvalue weighted by atomic mass is 19.2. The summed E-state index contributed by atoms with van der Waals surface area (Å²) in [7, 11) is 0. The summed E-state index contributed by atoms with van der Waals surface area (Å²) in [4.78, 5) is 0. The van der Waals surface area contributed by atoms with Crippen LogP contribution in [0.4, 0.5) is 30.7 Å². The van der Waals surface area contributed by atoms with Gasteiger partial charge in [-0.3, -0.25) is 0 Å². The molecule has 1 heterocycles. The quantitative estimate of drug-likeness (QED) is 0.171. The Morgan fingerprint density at radius 1 is 0.700 bits per heavy atom. The maximum Gasteiger partial charge on any atom is 0.194 e. The van der Waals surface area contributed by atoms with Gasteiger partial charge in [-0.05, 0) is 97.7 Å². The van der Waals surface area contributed by atoms with Gasteiger partial charge in [-0.15, -0.1) is 0 Å². The van der Waals surface area contributed by atoms with Crippen LogP contribution < -0.4 is 0 Å². The van der Waals surface area contributed by atoms with Gasteiger partial charge in [0.25, 0.3) is 0 Å². The van der Waals surface area contributed by atoms with Crippen LogP contribution in [0, 0.1) is 40.9 Å². The molecule has 1 aliphatic carbocycles. The van der Waals surface area contributed by atoms with E-state index in [-0.39, 0.29) is 23.1 Å². The van der Waals surface area contributed by atoms with Crippen molar-refractivity contribution in [3.05, 3.63) is 94.3 Å². The van der Waals surface area contributed by atoms with E-state index in [9.17, 15) is 26.3 Å². The Bertz CT molecular complexity index is 1390. The van der Waals surface area contributed by atoms with E-state index >= 15 is 4.39 Å². The lowest BCUT2D eigenvalue weighted by molar-refractivity contribution is -0.0523. The van der Waals surface area contributed by atoms with Crippen LogP contribution in [0.5, 0.6) is 0 Å². The molecule has 5 rings (SSSR count). The third kappa shape index (κ3) is 5.82. The molecule has 0 aromatic heterocycles. The zero-order chi connectivity index (χ0) is 28.6. The van der Waals surface area contributed by atoms with E-state index in [1.165, 1.54) is 12.1 Å². The van der Waals surface area contributed by atoms with Gasteiger partial charge >= 0.3 is 0 Å². The Balaban J connectivity index is 1.30. The van der Waals surface area contributed by atoms with Crippen LogP contribution in [0.3, 0.4) is 0 Å². The van der Waals surface area contributed by atoms with Gasteiger partial charge in [0.1, 0.15) is 11.6 Å². The first kappa shape index (κ1) is 28.4. The first-order chi connectivity index (χ1) is 19.1. The van der Waals surface area contributed by atoms with Crippen molar-refractivity contribution in [3.63, 3.8) is 0 Å². The van der Waals surface area contributed by atoms with Gasteiger partial charge < -0.3 is 4.74 Å². The van der Waals surface area contributed by atoms with Gasteiger partial charge in [-0.1, -0.05) is 25.1 Å². The minimum Gasteiger partial charge on any atom is -0.378 e. The predicted molar refractivity (Wildman–Crippen MR) is 140 cm³/mol. The van der Waals surface area contributed by atoms with Crippen LogP contribution in [0.15, 0.2) is 48.5 Å². The van der Waals surface area contributed by atoms with Crippen LogP contribution in [0.1, 0.15) is 68.1 Å². The lowest BCUT2D eigenvalue weighted by Gasteiger charge is -2.37. The summed E-state index contributed by atoms with van der Waals surface area (Å²) in [5, 5.41) is 0. The van der Waals surface area contributed by atoms with E-state index in [2.05, 4.69) is 6.92 Å². The van der Waals surface area contributed by atoms with Crippen LogP contribution >= 0.6 is 0 Å². The second kappa shape index (κ2) is 11.8. The molecule has 0 radical (unpaired) electrons. The maximum absolute atomic E-state index is 15.0. The van der Waals surface area contributed by atoms with Crippen molar-refractivity contribution >= 4 is 11.7 Å². The molecule has 1 aliphatic heterocycles. The van der Waals surface area contributed by atoms with Gasteiger partial charge in [0.15, 0.2) is 29.1 Å². The summed E-state index contributed by atoms with van der Waals surface area (Å²) < 4.78 is 106. The average molecular weight is 563 g/mol. The molecule has 2 aliphatic rings. The molecule has 3 aromatic rings. The van der Waals surface area contributed by atoms with E-state index in [0.717, 1.165) is 62.8 Å². The average Bonchev–Trinajstić information content (AvgIpc) is 2.95. The number of hydrogen-bond donors (Lipinski definition) is 0. The molecule has 212 valence electrons. The molecule has 1 saturated carbocycles. The smallest absolute Gasteiger partial charge is 0.194 e. The van der Waals surface area contributed by atoms with Crippen LogP contribution in [0.25, 0.3) is 22.8 Å². The summed E-state index contributed by atoms with van der Waals surface area (Å²) in [5.41, 5.74) is -1.05. The standard InChI is InChI=1S/C32H29F7O/c1-17-2-11-29(40-16-17)19-5-3-18(4-6-19)20-7-10-24(26(34)12-20)31(38)30(37)21-8-9-23(25(33)13-21)22-14-27(35)32(39)28(36)15-22/h7-10,12-15,17-19,29H,2-6,11,16H2,1H3/b31-30+. The topological polar surface area (TPSA) is 9.23 Å². The van der Waals surface area contributed by atoms with Crippen LogP contribution in [0.2, 0.25) is 0 Å². The lowest BCUT2D eigenvalue weighted by atomic mass is 9.75. The molecule has 2 unspecified atom stereocenters. The summed E-state index contributed by atoms with van der Waals surface area (Å²) in [5.74, 6) is -8.59. The van der Waals surface area contributed by atoms with E-state index in [0.29, 0.717) is 30.0 Å². The fourth-order valence-corrected chi connectivity index (χ4v) is 5.90. The molecule has 2 atom stereocenters. The number of rotatable bonds is 5. The van der Waals surface area contributed by atoms with Crippen molar-refractivity contribution in [3.8, 4) is 11.1 Å². The summed E-state index contributed by atoms with van der Waals surface area (Å²) in [6.07, 6.45) is 6.15. The summed E-state index contributed by atoms with van der Waals surface area (Å²) in [6.45, 7) is 2.98. The molecular weight excluding hydrogens is 533 g/mol. The highest BCUT2D eigenvalue weighted by Gasteiger charge is 2.31. The Morgan fingerprint density at radius 2 is 1.40 bits per heavy atom. The number of ether oxygens (including phenoxy) is 1. The van der Waals surface area contributed by atoms with Gasteiger partial charge in [-0.25, -0.2) is 30.7 Å². The van der Waals surface area contributed by atoms with Crippen molar-refractivity contribution in [1.29, 1.82) is 0 Å². The van der Waals surface area contributed by atoms with Gasteiger partial charge in [-0.2, -0.15) is 0 Å². The van der Waals surface area contributed by atoms with E-state index in [1.54, 1.807) is 6.07 Å². The molecular formula is C32H29F7O. The molecule has 1 saturated heterocycles. The Labute approximate surface area is 228 Å². The number of benzene rings is 3. The second-order valence-corrected chi connectivity index (χ2v) is 11.0. The highest BCUT2D eigenvalue weighted by molar-refractivity contribution is 5.84. The minimum absolute atomic E-state index is 0.113. The molecule has 1 nitrogen and oxygen atoms in total. The van der Waals surface area contributed by atoms with E-state index in [1.807, 2.05) is 0 Å².